The number of nitrogens with zero attached hydrogens (tertiary/aromatic N) is 1. The molecule has 2 aromatic rings. The number of nitrogens with one attached hydrogen (secondary N) is 1. The normalized spacial score (nSPS) is 11.0. The van der Waals surface area contributed by atoms with Gasteiger partial charge < -0.3 is 0 Å². The highest BCUT2D eigenvalue weighted by atomic mass is 79.9. The Labute approximate surface area is 134 Å². The second-order valence-corrected chi connectivity index (χ2v) is 6.93. The van der Waals surface area contributed by atoms with Gasteiger partial charge in [-0.1, -0.05) is 11.6 Å². The van der Waals surface area contributed by atoms with E-state index in [9.17, 15) is 12.8 Å². The summed E-state index contributed by atoms with van der Waals surface area (Å²) in [5.41, 5.74) is 0.379. The monoisotopic (exact) mass is 388 g/mol. The van der Waals surface area contributed by atoms with E-state index in [0.717, 1.165) is 6.07 Å². The Kier molecular flexibility index (Phi) is 4.52. The Balaban J connectivity index is 2.36. The van der Waals surface area contributed by atoms with Crippen LogP contribution in [0.4, 0.5) is 10.1 Å². The lowest BCUT2D eigenvalue weighted by atomic mass is 10.2. The van der Waals surface area contributed by atoms with Crippen LogP contribution in [0.15, 0.2) is 45.8 Å². The highest BCUT2D eigenvalue weighted by Gasteiger charge is 2.16. The van der Waals surface area contributed by atoms with E-state index >= 15 is 0 Å². The van der Waals surface area contributed by atoms with E-state index in [1.165, 1.54) is 30.3 Å². The van der Waals surface area contributed by atoms with E-state index in [2.05, 4.69) is 20.7 Å². The molecule has 2 rings (SSSR count). The minimum atomic E-state index is -3.88. The Hall–Kier alpha value is -1.62. The fourth-order valence-electron chi connectivity index (χ4n) is 1.53. The zero-order valence-electron chi connectivity index (χ0n) is 10.3. The lowest BCUT2D eigenvalue weighted by molar-refractivity contribution is 0.601. The minimum Gasteiger partial charge on any atom is -0.280 e. The molecule has 8 heteroatoms. The predicted molar refractivity (Wildman–Crippen MR) is 81.1 cm³/mol. The first kappa shape index (κ1) is 15.8. The maximum Gasteiger partial charge on any atom is 0.261 e. The molecule has 0 amide bonds. The van der Waals surface area contributed by atoms with Crippen LogP contribution in [0.3, 0.4) is 0 Å². The number of halogens is 3. The second kappa shape index (κ2) is 6.02. The summed E-state index contributed by atoms with van der Waals surface area (Å²) >= 11 is 8.79. The van der Waals surface area contributed by atoms with Crippen LogP contribution in [0.2, 0.25) is 5.02 Å². The molecule has 0 fully saturated rings. The van der Waals surface area contributed by atoms with Gasteiger partial charge in [-0.2, -0.15) is 5.26 Å². The molecule has 0 spiro atoms. The van der Waals surface area contributed by atoms with Gasteiger partial charge in [0.2, 0.25) is 0 Å². The van der Waals surface area contributed by atoms with Gasteiger partial charge in [-0.15, -0.1) is 0 Å². The first-order chi connectivity index (χ1) is 9.83. The van der Waals surface area contributed by atoms with Crippen LogP contribution in [-0.4, -0.2) is 8.42 Å². The summed E-state index contributed by atoms with van der Waals surface area (Å²) in [6.07, 6.45) is 0. The van der Waals surface area contributed by atoms with Gasteiger partial charge in [0.1, 0.15) is 11.9 Å². The molecule has 21 heavy (non-hydrogen) atoms. The van der Waals surface area contributed by atoms with Gasteiger partial charge in [0.05, 0.1) is 25.6 Å². The first-order valence-electron chi connectivity index (χ1n) is 5.51. The number of anilines is 1. The Morgan fingerprint density at radius 3 is 2.52 bits per heavy atom. The van der Waals surface area contributed by atoms with E-state index in [1.54, 1.807) is 0 Å². The fourth-order valence-corrected chi connectivity index (χ4v) is 3.27. The SMILES string of the molecule is N#Cc1ccc(S(=O)(=O)Nc2ccc(F)c(Br)c2)cc1Cl. The molecule has 0 aliphatic carbocycles. The zero-order chi connectivity index (χ0) is 15.6. The molecule has 108 valence electrons. The van der Waals surface area contributed by atoms with Crippen LogP contribution in [-0.2, 0) is 10.0 Å². The zero-order valence-corrected chi connectivity index (χ0v) is 13.4. The van der Waals surface area contributed by atoms with Gasteiger partial charge in [0.15, 0.2) is 0 Å². The van der Waals surface area contributed by atoms with Crippen molar-refractivity contribution in [1.29, 1.82) is 5.26 Å². The number of sulfonamides is 1. The smallest absolute Gasteiger partial charge is 0.261 e. The molecule has 4 nitrogen and oxygen atoms in total. The van der Waals surface area contributed by atoms with Crippen LogP contribution in [0, 0.1) is 17.1 Å². The third kappa shape index (κ3) is 3.53. The van der Waals surface area contributed by atoms with Crippen LogP contribution >= 0.6 is 27.5 Å². The number of rotatable bonds is 3. The molecule has 0 saturated heterocycles. The molecule has 0 heterocycles. The van der Waals surface area contributed by atoms with E-state index in [0.29, 0.717) is 0 Å². The Morgan fingerprint density at radius 1 is 1.24 bits per heavy atom. The summed E-state index contributed by atoms with van der Waals surface area (Å²) in [6, 6.07) is 9.34. The molecule has 0 bridgehead atoms. The van der Waals surface area contributed by atoms with Crippen LogP contribution in [0.5, 0.6) is 0 Å². The maximum absolute atomic E-state index is 13.1. The molecular formula is C13H7BrClFN2O2S. The van der Waals surface area contributed by atoms with Crippen molar-refractivity contribution in [3.63, 3.8) is 0 Å². The summed E-state index contributed by atoms with van der Waals surface area (Å²) in [6.45, 7) is 0. The van der Waals surface area contributed by atoms with Crippen molar-refractivity contribution in [3.05, 3.63) is 57.3 Å². The molecular weight excluding hydrogens is 383 g/mol. The van der Waals surface area contributed by atoms with Crippen molar-refractivity contribution >= 4 is 43.2 Å². The van der Waals surface area contributed by atoms with Crippen molar-refractivity contribution < 1.29 is 12.8 Å². The van der Waals surface area contributed by atoms with Gasteiger partial charge in [-0.3, -0.25) is 4.72 Å². The average Bonchev–Trinajstić information content (AvgIpc) is 2.42. The quantitative estimate of drug-likeness (QED) is 0.865. The van der Waals surface area contributed by atoms with Gasteiger partial charge in [0, 0.05) is 0 Å². The first-order valence-corrected chi connectivity index (χ1v) is 8.16. The molecule has 0 aromatic heterocycles. The van der Waals surface area contributed by atoms with Crippen LogP contribution in [0.25, 0.3) is 0 Å². The molecule has 0 radical (unpaired) electrons. The topological polar surface area (TPSA) is 70.0 Å². The van der Waals surface area contributed by atoms with Crippen LogP contribution in [0.1, 0.15) is 5.56 Å². The summed E-state index contributed by atoms with van der Waals surface area (Å²) < 4.78 is 39.9. The maximum atomic E-state index is 13.1. The van der Waals surface area contributed by atoms with Gasteiger partial charge >= 0.3 is 0 Å². The summed E-state index contributed by atoms with van der Waals surface area (Å²) in [5.74, 6) is -0.501. The summed E-state index contributed by atoms with van der Waals surface area (Å²) in [7, 11) is -3.88. The number of hydrogen-bond acceptors (Lipinski definition) is 3. The molecule has 0 aliphatic heterocycles. The highest BCUT2D eigenvalue weighted by Crippen LogP contribution is 2.24. The predicted octanol–water partition coefficient (Wildman–Crippen LogP) is 3.91. The van der Waals surface area contributed by atoms with Crippen LogP contribution < -0.4 is 4.72 Å². The minimum absolute atomic E-state index is 0.0423. The number of hydrogen-bond donors (Lipinski definition) is 1. The largest absolute Gasteiger partial charge is 0.280 e. The van der Waals surface area contributed by atoms with Crippen molar-refractivity contribution in [2.24, 2.45) is 0 Å². The lowest BCUT2D eigenvalue weighted by Crippen LogP contribution is -2.13. The third-order valence-electron chi connectivity index (χ3n) is 2.54. The standard InChI is InChI=1S/C13H7BrClFN2O2S/c14-11-5-9(2-4-13(11)16)18-21(19,20)10-3-1-8(7-17)12(15)6-10/h1-6,18H. The summed E-state index contributed by atoms with van der Waals surface area (Å²) in [4.78, 5) is -0.0908. The second-order valence-electron chi connectivity index (χ2n) is 3.99. The van der Waals surface area contributed by atoms with E-state index < -0.39 is 15.8 Å². The number of benzene rings is 2. The molecule has 0 saturated carbocycles. The molecule has 0 unspecified atom stereocenters. The molecule has 0 atom stereocenters. The van der Waals surface area contributed by atoms with E-state index in [1.807, 2.05) is 6.07 Å². The van der Waals surface area contributed by atoms with Crippen molar-refractivity contribution in [2.45, 2.75) is 4.90 Å². The van der Waals surface area contributed by atoms with E-state index in [-0.39, 0.29) is 25.6 Å². The third-order valence-corrected chi connectivity index (χ3v) is 4.84. The Bertz CT molecular complexity index is 850. The highest BCUT2D eigenvalue weighted by molar-refractivity contribution is 9.10. The summed E-state index contributed by atoms with van der Waals surface area (Å²) in [5, 5.41) is 8.81. The lowest BCUT2D eigenvalue weighted by Gasteiger charge is -2.09. The number of nitriles is 1. The van der Waals surface area contributed by atoms with Gasteiger partial charge in [-0.05, 0) is 52.3 Å². The van der Waals surface area contributed by atoms with E-state index in [4.69, 9.17) is 16.9 Å². The van der Waals surface area contributed by atoms with Crippen molar-refractivity contribution in [3.8, 4) is 6.07 Å². The van der Waals surface area contributed by atoms with Gasteiger partial charge in [-0.25, -0.2) is 12.8 Å². The molecule has 1 N–H and O–H groups in total. The molecule has 2 aromatic carbocycles. The molecule has 0 aliphatic rings. The van der Waals surface area contributed by atoms with Gasteiger partial charge in [0.25, 0.3) is 10.0 Å². The Morgan fingerprint density at radius 2 is 1.95 bits per heavy atom. The van der Waals surface area contributed by atoms with Crippen molar-refractivity contribution in [1.82, 2.24) is 0 Å². The van der Waals surface area contributed by atoms with Crippen molar-refractivity contribution in [2.75, 3.05) is 4.72 Å². The average molecular weight is 390 g/mol. The fraction of sp³-hybridized carbons (Fsp3) is 0.